The molecular formula is C16H20N4O3. The van der Waals surface area contributed by atoms with Crippen molar-refractivity contribution in [2.75, 3.05) is 33.0 Å². The van der Waals surface area contributed by atoms with Crippen LogP contribution in [0.2, 0.25) is 0 Å². The Labute approximate surface area is 135 Å². The Balaban J connectivity index is 2.08. The number of carbonyl (C=O) groups excluding carboxylic acids is 2. The number of carbonyl (C=O) groups is 2. The van der Waals surface area contributed by atoms with Crippen molar-refractivity contribution in [2.24, 2.45) is 5.92 Å². The maximum atomic E-state index is 12.3. The maximum absolute atomic E-state index is 12.3. The molecule has 2 rings (SSSR count). The second-order valence-electron chi connectivity index (χ2n) is 5.94. The molecule has 1 heterocycles. The van der Waals surface area contributed by atoms with Crippen molar-refractivity contribution in [2.45, 2.75) is 12.5 Å². The molecule has 1 fully saturated rings. The Morgan fingerprint density at radius 3 is 2.65 bits per heavy atom. The van der Waals surface area contributed by atoms with E-state index in [1.165, 1.54) is 17.0 Å². The molecule has 0 spiro atoms. The molecule has 2 unspecified atom stereocenters. The van der Waals surface area contributed by atoms with Crippen molar-refractivity contribution >= 4 is 17.5 Å². The van der Waals surface area contributed by atoms with Gasteiger partial charge in [0.15, 0.2) is 0 Å². The van der Waals surface area contributed by atoms with Crippen molar-refractivity contribution < 1.29 is 14.7 Å². The summed E-state index contributed by atoms with van der Waals surface area (Å²) in [6.45, 7) is 0.502. The van der Waals surface area contributed by atoms with Crippen LogP contribution in [-0.4, -0.2) is 60.5 Å². The average Bonchev–Trinajstić information content (AvgIpc) is 2.89. The van der Waals surface area contributed by atoms with Crippen molar-refractivity contribution in [1.29, 1.82) is 5.26 Å². The first-order chi connectivity index (χ1) is 10.8. The minimum Gasteiger partial charge on any atom is -0.506 e. The van der Waals surface area contributed by atoms with Gasteiger partial charge in [-0.3, -0.25) is 14.5 Å². The monoisotopic (exact) mass is 316 g/mol. The summed E-state index contributed by atoms with van der Waals surface area (Å²) in [5.74, 6) is -0.926. The Kier molecular flexibility index (Phi) is 4.86. The Hall–Kier alpha value is -2.59. The molecule has 1 saturated heterocycles. The number of benzene rings is 1. The Morgan fingerprint density at radius 1 is 1.43 bits per heavy atom. The van der Waals surface area contributed by atoms with Gasteiger partial charge in [-0.1, -0.05) is 0 Å². The van der Waals surface area contributed by atoms with Gasteiger partial charge in [0.1, 0.15) is 5.75 Å². The number of nitrogens with zero attached hydrogens (tertiary/aromatic N) is 3. The minimum absolute atomic E-state index is 0.158. The lowest BCUT2D eigenvalue weighted by Crippen LogP contribution is -2.26. The summed E-state index contributed by atoms with van der Waals surface area (Å²) in [6.07, 6.45) is 0.469. The number of phenolic OH excluding ortho intramolecular Hbond substituents is 1. The van der Waals surface area contributed by atoms with Crippen LogP contribution in [0.25, 0.3) is 0 Å². The van der Waals surface area contributed by atoms with Crippen molar-refractivity contribution in [3.8, 4) is 11.8 Å². The molecule has 0 aliphatic carbocycles. The van der Waals surface area contributed by atoms with Gasteiger partial charge in [-0.05, 0) is 31.7 Å². The van der Waals surface area contributed by atoms with E-state index in [2.05, 4.69) is 11.4 Å². The molecule has 2 atom stereocenters. The third-order valence-electron chi connectivity index (χ3n) is 3.98. The summed E-state index contributed by atoms with van der Waals surface area (Å²) in [4.78, 5) is 27.3. The fourth-order valence-electron chi connectivity index (χ4n) is 2.60. The van der Waals surface area contributed by atoms with Gasteiger partial charge in [-0.15, -0.1) is 0 Å². The number of nitrogens with one attached hydrogen (secondary N) is 1. The fraction of sp³-hybridized carbons (Fsp3) is 0.438. The summed E-state index contributed by atoms with van der Waals surface area (Å²) in [6, 6.07) is 6.28. The number of likely N-dealkylation sites (tertiary alicyclic amines) is 1. The van der Waals surface area contributed by atoms with Gasteiger partial charge in [-0.2, -0.15) is 5.26 Å². The first kappa shape index (κ1) is 16.8. The third-order valence-corrected chi connectivity index (χ3v) is 3.98. The quantitative estimate of drug-likeness (QED) is 0.807. The van der Waals surface area contributed by atoms with Crippen LogP contribution in [0.5, 0.6) is 5.75 Å². The number of hydrogen-bond acceptors (Lipinski definition) is 5. The third kappa shape index (κ3) is 3.60. The normalized spacial score (nSPS) is 20.8. The molecule has 0 bridgehead atoms. The molecule has 1 aromatic rings. The number of amides is 2. The number of rotatable bonds is 3. The van der Waals surface area contributed by atoms with Crippen molar-refractivity contribution in [1.82, 2.24) is 9.80 Å². The van der Waals surface area contributed by atoms with Gasteiger partial charge in [-0.25, -0.2) is 0 Å². The van der Waals surface area contributed by atoms with E-state index < -0.39 is 0 Å². The van der Waals surface area contributed by atoms with Crippen molar-refractivity contribution in [3.63, 3.8) is 0 Å². The molecule has 2 amide bonds. The molecule has 7 heteroatoms. The standard InChI is InChI=1S/C16H20N4O3/c1-19(2)16(23)10-4-5-13(14(21)7-10)18-15(22)11-6-12(8-17)20(3)9-11/h4-5,7,11-12,21H,6,9H2,1-3H3,(H,18,22). The lowest BCUT2D eigenvalue weighted by atomic mass is 10.0. The van der Waals surface area contributed by atoms with Gasteiger partial charge >= 0.3 is 0 Å². The molecule has 0 aromatic heterocycles. The van der Waals surface area contributed by atoms with Gasteiger partial charge < -0.3 is 15.3 Å². The maximum Gasteiger partial charge on any atom is 0.253 e. The second kappa shape index (κ2) is 6.67. The number of hydrogen-bond donors (Lipinski definition) is 2. The van der Waals surface area contributed by atoms with E-state index in [9.17, 15) is 14.7 Å². The largest absolute Gasteiger partial charge is 0.506 e. The average molecular weight is 316 g/mol. The highest BCUT2D eigenvalue weighted by atomic mass is 16.3. The number of phenols is 1. The van der Waals surface area contributed by atoms with Crippen LogP contribution < -0.4 is 5.32 Å². The molecular weight excluding hydrogens is 296 g/mol. The summed E-state index contributed by atoms with van der Waals surface area (Å²) in [5.41, 5.74) is 0.601. The highest BCUT2D eigenvalue weighted by Gasteiger charge is 2.34. The topological polar surface area (TPSA) is 96.7 Å². The lowest BCUT2D eigenvalue weighted by molar-refractivity contribution is -0.119. The summed E-state index contributed by atoms with van der Waals surface area (Å²) in [5, 5.41) is 21.7. The zero-order valence-corrected chi connectivity index (χ0v) is 13.4. The molecule has 122 valence electrons. The van der Waals surface area contributed by atoms with Gasteiger partial charge in [0.25, 0.3) is 5.91 Å². The van der Waals surface area contributed by atoms with Crippen LogP contribution in [0.3, 0.4) is 0 Å². The number of aromatic hydroxyl groups is 1. The van der Waals surface area contributed by atoms with Gasteiger partial charge in [0.05, 0.1) is 23.7 Å². The second-order valence-corrected chi connectivity index (χ2v) is 5.94. The van der Waals surface area contributed by atoms with Crippen LogP contribution in [-0.2, 0) is 4.79 Å². The minimum atomic E-state index is -0.299. The highest BCUT2D eigenvalue weighted by Crippen LogP contribution is 2.27. The van der Waals surface area contributed by atoms with Gasteiger partial charge in [0.2, 0.25) is 5.91 Å². The molecule has 23 heavy (non-hydrogen) atoms. The Bertz CT molecular complexity index is 666. The van der Waals surface area contributed by atoms with E-state index in [1.807, 2.05) is 4.90 Å². The summed E-state index contributed by atoms with van der Waals surface area (Å²) >= 11 is 0. The van der Waals surface area contributed by atoms with E-state index in [0.29, 0.717) is 18.5 Å². The van der Waals surface area contributed by atoms with Crippen LogP contribution in [0, 0.1) is 17.2 Å². The molecule has 0 radical (unpaired) electrons. The molecule has 1 aromatic carbocycles. The molecule has 2 N–H and O–H groups in total. The predicted octanol–water partition coefficient (Wildman–Crippen LogP) is 0.876. The zero-order valence-electron chi connectivity index (χ0n) is 13.4. The van der Waals surface area contributed by atoms with Crippen LogP contribution in [0.1, 0.15) is 16.8 Å². The first-order valence-corrected chi connectivity index (χ1v) is 7.29. The van der Waals surface area contributed by atoms with Gasteiger partial charge in [0, 0.05) is 26.2 Å². The van der Waals surface area contributed by atoms with Crippen LogP contribution in [0.15, 0.2) is 18.2 Å². The molecule has 7 nitrogen and oxygen atoms in total. The summed E-state index contributed by atoms with van der Waals surface area (Å²) < 4.78 is 0. The number of anilines is 1. The molecule has 1 aliphatic rings. The fourth-order valence-corrected chi connectivity index (χ4v) is 2.60. The van der Waals surface area contributed by atoms with E-state index in [0.717, 1.165) is 0 Å². The van der Waals surface area contributed by atoms with E-state index >= 15 is 0 Å². The smallest absolute Gasteiger partial charge is 0.253 e. The van der Waals surface area contributed by atoms with Crippen LogP contribution >= 0.6 is 0 Å². The van der Waals surface area contributed by atoms with E-state index in [4.69, 9.17) is 5.26 Å². The number of nitriles is 1. The lowest BCUT2D eigenvalue weighted by Gasteiger charge is -2.14. The highest BCUT2D eigenvalue weighted by molar-refractivity contribution is 5.97. The summed E-state index contributed by atoms with van der Waals surface area (Å²) in [7, 11) is 5.05. The Morgan fingerprint density at radius 2 is 2.13 bits per heavy atom. The van der Waals surface area contributed by atoms with E-state index in [1.54, 1.807) is 27.2 Å². The van der Waals surface area contributed by atoms with Crippen molar-refractivity contribution in [3.05, 3.63) is 23.8 Å². The predicted molar refractivity (Wildman–Crippen MR) is 84.9 cm³/mol. The molecule has 0 saturated carbocycles. The SMILES string of the molecule is CN(C)C(=O)c1ccc(NC(=O)C2CC(C#N)N(C)C2)c(O)c1. The zero-order chi connectivity index (χ0) is 17.1. The molecule has 1 aliphatic heterocycles. The first-order valence-electron chi connectivity index (χ1n) is 7.29. The van der Waals surface area contributed by atoms with Crippen LogP contribution in [0.4, 0.5) is 5.69 Å². The van der Waals surface area contributed by atoms with E-state index in [-0.39, 0.29) is 35.2 Å².